The van der Waals surface area contributed by atoms with Gasteiger partial charge >= 0.3 is 24.3 Å². The van der Waals surface area contributed by atoms with Gasteiger partial charge in [-0.2, -0.15) is 26.3 Å². The van der Waals surface area contributed by atoms with E-state index in [9.17, 15) is 35.9 Å². The molecule has 0 aromatic heterocycles. The first-order valence-corrected chi connectivity index (χ1v) is 12.5. The molecule has 44 heavy (non-hydrogen) atoms. The van der Waals surface area contributed by atoms with Crippen LogP contribution in [0.3, 0.4) is 0 Å². The van der Waals surface area contributed by atoms with Gasteiger partial charge in [0.2, 0.25) is 0 Å². The zero-order chi connectivity index (χ0) is 33.5. The number of carboxylic acids is 2. The van der Waals surface area contributed by atoms with E-state index in [0.717, 1.165) is 49.4 Å². The van der Waals surface area contributed by atoms with Crippen LogP contribution in [0.2, 0.25) is 0 Å². The summed E-state index contributed by atoms with van der Waals surface area (Å²) in [5, 5.41) is 22.8. The molecule has 2 aromatic rings. The Balaban J connectivity index is 0.000000574. The summed E-state index contributed by atoms with van der Waals surface area (Å²) in [6.07, 6.45) is -4.01. The molecule has 1 heterocycles. The minimum absolute atomic E-state index is 0.0455. The molecule has 10 nitrogen and oxygen atoms in total. The Hall–Kier alpha value is -4.54. The largest absolute Gasteiger partial charge is 0.490 e. The number of nitrogens with zero attached hydrogens (tertiary/aromatic N) is 2. The van der Waals surface area contributed by atoms with Gasteiger partial charge < -0.3 is 15.1 Å². The van der Waals surface area contributed by atoms with Crippen molar-refractivity contribution in [3.05, 3.63) is 82.9 Å². The number of benzene rings is 2. The molecule has 1 amide bonds. The average Bonchev–Trinajstić information content (AvgIpc) is 2.96. The highest BCUT2D eigenvalue weighted by Gasteiger charge is 2.38. The number of likely N-dealkylation sites (N-methyl/N-ethyl adjacent to an activating group) is 1. The van der Waals surface area contributed by atoms with E-state index < -0.39 is 30.2 Å². The lowest BCUT2D eigenvalue weighted by Gasteiger charge is -2.32. The second kappa shape index (κ2) is 17.5. The van der Waals surface area contributed by atoms with Crippen LogP contribution >= 0.6 is 0 Å². The molecule has 16 heteroatoms. The summed E-state index contributed by atoms with van der Waals surface area (Å²) in [6.45, 7) is 5.08. The van der Waals surface area contributed by atoms with Gasteiger partial charge in [0.15, 0.2) is 5.78 Å². The lowest BCUT2D eigenvalue weighted by Crippen LogP contribution is -2.43. The van der Waals surface area contributed by atoms with Crippen LogP contribution in [0.15, 0.2) is 60.7 Å². The van der Waals surface area contributed by atoms with Crippen LogP contribution in [0.5, 0.6) is 0 Å². The molecule has 0 spiro atoms. The summed E-state index contributed by atoms with van der Waals surface area (Å²) in [6, 6.07) is 15.2. The van der Waals surface area contributed by atoms with Crippen molar-refractivity contribution < 1.29 is 60.9 Å². The summed E-state index contributed by atoms with van der Waals surface area (Å²) in [5.74, 6) is -6.15. The molecule has 240 valence electrons. The zero-order valence-corrected chi connectivity index (χ0v) is 23.1. The predicted molar refractivity (Wildman–Crippen MR) is 145 cm³/mol. The number of amides is 1. The molecular formula is C28H29F6N3O7. The minimum Gasteiger partial charge on any atom is -0.475 e. The Morgan fingerprint density at radius 1 is 0.795 bits per heavy atom. The van der Waals surface area contributed by atoms with E-state index in [0.29, 0.717) is 5.56 Å². The second-order valence-electron chi connectivity index (χ2n) is 9.06. The van der Waals surface area contributed by atoms with Gasteiger partial charge in [-0.15, -0.1) is 0 Å². The number of aliphatic carboxylic acids is 2. The van der Waals surface area contributed by atoms with E-state index in [1.54, 1.807) is 23.7 Å². The molecule has 0 radical (unpaired) electrons. The molecule has 0 unspecified atom stereocenters. The Kier molecular flexibility index (Phi) is 14.9. The minimum atomic E-state index is -5.08. The highest BCUT2D eigenvalue weighted by Crippen LogP contribution is 2.15. The first kappa shape index (κ1) is 37.5. The number of nitrogens with one attached hydrogen (secondary N) is 1. The number of allylic oxidation sites excluding steroid dienone is 1. The lowest BCUT2D eigenvalue weighted by atomic mass is 10.0. The fourth-order valence-electron chi connectivity index (χ4n) is 3.33. The maximum atomic E-state index is 12.6. The van der Waals surface area contributed by atoms with Gasteiger partial charge in [0.05, 0.1) is 0 Å². The molecule has 0 atom stereocenters. The van der Waals surface area contributed by atoms with E-state index in [4.69, 9.17) is 25.0 Å². The van der Waals surface area contributed by atoms with Crippen molar-refractivity contribution in [1.82, 2.24) is 15.3 Å². The van der Waals surface area contributed by atoms with Crippen molar-refractivity contribution in [1.29, 1.82) is 0 Å². The molecule has 3 rings (SSSR count). The van der Waals surface area contributed by atoms with Gasteiger partial charge in [-0.05, 0) is 48.0 Å². The van der Waals surface area contributed by atoms with E-state index in [2.05, 4.69) is 22.9 Å². The summed E-state index contributed by atoms with van der Waals surface area (Å²) in [4.78, 5) is 46.3. The number of hydrogen-bond acceptors (Lipinski definition) is 7. The van der Waals surface area contributed by atoms with Crippen molar-refractivity contribution in [2.75, 3.05) is 33.2 Å². The van der Waals surface area contributed by atoms with Crippen LogP contribution < -0.4 is 5.48 Å². The van der Waals surface area contributed by atoms with E-state index in [1.165, 1.54) is 6.08 Å². The Labute approximate surface area is 247 Å². The topological polar surface area (TPSA) is 147 Å². The molecule has 1 aliphatic heterocycles. The molecule has 1 fully saturated rings. The number of rotatable bonds is 7. The lowest BCUT2D eigenvalue weighted by molar-refractivity contribution is -0.193. The third kappa shape index (κ3) is 15.1. The molecule has 0 bridgehead atoms. The maximum absolute atomic E-state index is 12.6. The normalized spacial score (nSPS) is 14.3. The number of carboxylic acid groups (broad SMARTS) is 2. The van der Waals surface area contributed by atoms with Crippen LogP contribution in [0.25, 0.3) is 12.2 Å². The zero-order valence-electron chi connectivity index (χ0n) is 23.1. The highest BCUT2D eigenvalue weighted by atomic mass is 19.4. The van der Waals surface area contributed by atoms with Crippen LogP contribution in [-0.4, -0.2) is 94.4 Å². The fraction of sp³-hybridized carbons (Fsp3) is 0.286. The molecule has 2 aromatic carbocycles. The Bertz CT molecular complexity index is 1310. The van der Waals surface area contributed by atoms with Gasteiger partial charge in [-0.25, -0.2) is 15.1 Å². The van der Waals surface area contributed by atoms with E-state index >= 15 is 0 Å². The smallest absolute Gasteiger partial charge is 0.475 e. The number of halogens is 6. The van der Waals surface area contributed by atoms with Gasteiger partial charge in [0, 0.05) is 44.4 Å². The molecule has 1 saturated heterocycles. The highest BCUT2D eigenvalue weighted by molar-refractivity contribution is 6.07. The van der Waals surface area contributed by atoms with Gasteiger partial charge in [-0.1, -0.05) is 42.5 Å². The summed E-state index contributed by atoms with van der Waals surface area (Å²) in [7, 11) is 2.14. The third-order valence-electron chi connectivity index (χ3n) is 5.57. The number of alkyl halides is 6. The number of carbonyl (C=O) groups is 4. The quantitative estimate of drug-likeness (QED) is 0.116. The van der Waals surface area contributed by atoms with Crippen molar-refractivity contribution in [3.63, 3.8) is 0 Å². The molecule has 0 saturated carbocycles. The molecule has 4 N–H and O–H groups in total. The first-order chi connectivity index (χ1) is 20.4. The maximum Gasteiger partial charge on any atom is 0.490 e. The SMILES string of the molecule is CN1CCN(Cc2cccc(C(=O)/C=C/c3cccc(/C=C/C(=O)NO)c3)c2)CC1.O=C(O)C(F)(F)F.O=C(O)C(F)(F)F. The summed E-state index contributed by atoms with van der Waals surface area (Å²) >= 11 is 0. The monoisotopic (exact) mass is 633 g/mol. The van der Waals surface area contributed by atoms with Crippen LogP contribution in [0, 0.1) is 0 Å². The number of piperazine rings is 1. The van der Waals surface area contributed by atoms with Gasteiger partial charge in [-0.3, -0.25) is 19.7 Å². The molecule has 1 aliphatic rings. The van der Waals surface area contributed by atoms with Crippen LogP contribution in [-0.2, 0) is 20.9 Å². The number of ketones is 1. The van der Waals surface area contributed by atoms with Crippen molar-refractivity contribution in [2.45, 2.75) is 18.9 Å². The summed E-state index contributed by atoms with van der Waals surface area (Å²) in [5.41, 5.74) is 5.02. The average molecular weight is 634 g/mol. The Morgan fingerprint density at radius 2 is 1.27 bits per heavy atom. The van der Waals surface area contributed by atoms with E-state index in [-0.39, 0.29) is 5.78 Å². The van der Waals surface area contributed by atoms with E-state index in [1.807, 2.05) is 42.5 Å². The van der Waals surface area contributed by atoms with Crippen LogP contribution in [0.4, 0.5) is 26.3 Å². The van der Waals surface area contributed by atoms with Crippen molar-refractivity contribution in [3.8, 4) is 0 Å². The number of hydroxylamine groups is 1. The van der Waals surface area contributed by atoms with Crippen molar-refractivity contribution >= 4 is 35.8 Å². The number of hydrogen-bond donors (Lipinski definition) is 4. The standard InChI is InChI=1S/C24H27N3O3.2C2HF3O2/c1-26-12-14-27(15-13-26)18-21-6-3-7-22(17-21)23(28)10-8-19-4-2-5-20(16-19)9-11-24(29)25-30;2*3-2(4,5)1(6)7/h2-11,16-17,30H,12-15,18H2,1H3,(H,25,29);2*(H,6,7)/b10-8+,11-9+;;. The van der Waals surface area contributed by atoms with Crippen LogP contribution in [0.1, 0.15) is 27.0 Å². The summed E-state index contributed by atoms with van der Waals surface area (Å²) < 4.78 is 63.5. The predicted octanol–water partition coefficient (Wildman–Crippen LogP) is 4.12. The molecule has 0 aliphatic carbocycles. The van der Waals surface area contributed by atoms with Gasteiger partial charge in [0.1, 0.15) is 0 Å². The third-order valence-corrected chi connectivity index (χ3v) is 5.57. The van der Waals surface area contributed by atoms with Crippen molar-refractivity contribution in [2.24, 2.45) is 0 Å². The fourth-order valence-corrected chi connectivity index (χ4v) is 3.33. The second-order valence-corrected chi connectivity index (χ2v) is 9.06. The van der Waals surface area contributed by atoms with Gasteiger partial charge in [0.25, 0.3) is 5.91 Å². The number of carbonyl (C=O) groups excluding carboxylic acids is 2. The Morgan fingerprint density at radius 3 is 1.75 bits per heavy atom. The molecular weight excluding hydrogens is 604 g/mol. The first-order valence-electron chi connectivity index (χ1n) is 12.5.